The maximum absolute atomic E-state index is 12.0. The molecular weight excluding hydrogens is 200 g/mol. The second-order valence-electron chi connectivity index (χ2n) is 4.32. The van der Waals surface area contributed by atoms with Crippen molar-refractivity contribution in [3.05, 3.63) is 36.7 Å². The quantitative estimate of drug-likeness (QED) is 0.750. The van der Waals surface area contributed by atoms with Crippen molar-refractivity contribution in [2.75, 3.05) is 0 Å². The van der Waals surface area contributed by atoms with Gasteiger partial charge in [0.25, 0.3) is 0 Å². The van der Waals surface area contributed by atoms with Gasteiger partial charge in [0.05, 0.1) is 5.69 Å². The highest BCUT2D eigenvalue weighted by molar-refractivity contribution is 5.35. The van der Waals surface area contributed by atoms with Gasteiger partial charge >= 0.3 is 6.35 Å². The van der Waals surface area contributed by atoms with E-state index in [2.05, 4.69) is 5.32 Å². The molecule has 0 fully saturated rings. The van der Waals surface area contributed by atoms with Crippen molar-refractivity contribution in [2.45, 2.75) is 39.8 Å². The highest BCUT2D eigenvalue weighted by atomic mass is 16.3. The molecule has 0 heterocycles. The number of hydrogen-bond acceptors (Lipinski definition) is 1. The van der Waals surface area contributed by atoms with Crippen molar-refractivity contribution < 1.29 is 5.11 Å². The van der Waals surface area contributed by atoms with Gasteiger partial charge < -0.3 is 0 Å². The molecule has 0 aromatic heterocycles. The van der Waals surface area contributed by atoms with Crippen LogP contribution in [0.15, 0.2) is 30.3 Å². The van der Waals surface area contributed by atoms with Crippen molar-refractivity contribution in [1.82, 2.24) is 10.2 Å². The third-order valence-corrected chi connectivity index (χ3v) is 2.31. The summed E-state index contributed by atoms with van der Waals surface area (Å²) < 4.78 is 0. The van der Waals surface area contributed by atoms with Gasteiger partial charge in [-0.05, 0) is 39.8 Å². The van der Waals surface area contributed by atoms with Crippen LogP contribution in [0.3, 0.4) is 0 Å². The van der Waals surface area contributed by atoms with E-state index in [1.807, 2.05) is 58.0 Å². The van der Waals surface area contributed by atoms with Gasteiger partial charge in [0.2, 0.25) is 0 Å². The molecule has 1 rings (SSSR count). The Bertz CT molecular complexity index is 290. The fraction of sp³-hybridized carbons (Fsp3) is 0.462. The normalized spacial score (nSPS) is 11.8. The second kappa shape index (κ2) is 5.87. The molecule has 0 spiro atoms. The molecule has 1 aromatic rings. The highest BCUT2D eigenvalue weighted by Crippen LogP contribution is 2.18. The summed E-state index contributed by atoms with van der Waals surface area (Å²) in [5.74, 6) is 0. The third-order valence-electron chi connectivity index (χ3n) is 2.31. The minimum Gasteiger partial charge on any atom is -0.244 e. The van der Waals surface area contributed by atoms with Gasteiger partial charge in [0, 0.05) is 12.1 Å². The molecule has 0 atom stereocenters. The fourth-order valence-corrected chi connectivity index (χ4v) is 1.71. The predicted molar refractivity (Wildman–Crippen MR) is 64.3 cm³/mol. The van der Waals surface area contributed by atoms with E-state index in [1.54, 1.807) is 4.90 Å². The zero-order valence-electron chi connectivity index (χ0n) is 10.3. The molecule has 0 amide bonds. The summed E-state index contributed by atoms with van der Waals surface area (Å²) in [7, 11) is 0. The average Bonchev–Trinajstić information content (AvgIpc) is 2.17. The van der Waals surface area contributed by atoms with Crippen LogP contribution in [0.5, 0.6) is 0 Å². The monoisotopic (exact) mass is 219 g/mol. The van der Waals surface area contributed by atoms with Crippen LogP contribution >= 0.6 is 0 Å². The lowest BCUT2D eigenvalue weighted by atomic mass is 10.2. The Morgan fingerprint density at radius 2 is 1.56 bits per heavy atom. The molecule has 87 valence electrons. The second-order valence-corrected chi connectivity index (χ2v) is 4.32. The zero-order chi connectivity index (χ0) is 12.1. The van der Waals surface area contributed by atoms with Crippen molar-refractivity contribution in [2.24, 2.45) is 0 Å². The summed E-state index contributed by atoms with van der Waals surface area (Å²) in [5.41, 5.74) is 0.707. The molecule has 0 aliphatic rings. The Labute approximate surface area is 98.1 Å². The molecule has 0 saturated heterocycles. The molecule has 0 bridgehead atoms. The van der Waals surface area contributed by atoms with Crippen molar-refractivity contribution >= 4 is 5.69 Å². The number of nitrogens with zero attached hydrogens (tertiary/aromatic N) is 2. The summed E-state index contributed by atoms with van der Waals surface area (Å²) in [6.45, 7) is 7.99. The maximum Gasteiger partial charge on any atom is 0.318 e. The van der Waals surface area contributed by atoms with Crippen LogP contribution in [0.2, 0.25) is 0 Å². The number of rotatable bonds is 5. The van der Waals surface area contributed by atoms with Crippen LogP contribution in [-0.2, 0) is 5.11 Å². The van der Waals surface area contributed by atoms with Gasteiger partial charge in [-0.3, -0.25) is 0 Å². The lowest BCUT2D eigenvalue weighted by Crippen LogP contribution is -2.42. The van der Waals surface area contributed by atoms with E-state index in [0.29, 0.717) is 5.69 Å². The third kappa shape index (κ3) is 3.51. The molecule has 0 aliphatic carbocycles. The lowest BCUT2D eigenvalue weighted by Gasteiger charge is -2.31. The smallest absolute Gasteiger partial charge is 0.244 e. The molecular formula is C13H19N2O. The SMILES string of the molecule is CC(C)N([C]([O])[N]c1ccccc1)C(C)C. The van der Waals surface area contributed by atoms with E-state index < -0.39 is 0 Å². The average molecular weight is 219 g/mol. The van der Waals surface area contributed by atoms with E-state index in [-0.39, 0.29) is 18.4 Å². The van der Waals surface area contributed by atoms with Crippen LogP contribution in [0, 0.1) is 6.35 Å². The van der Waals surface area contributed by atoms with Gasteiger partial charge in [0.1, 0.15) is 0 Å². The van der Waals surface area contributed by atoms with Gasteiger partial charge in [0.15, 0.2) is 0 Å². The fourth-order valence-electron chi connectivity index (χ4n) is 1.71. The first-order valence-electron chi connectivity index (χ1n) is 5.61. The van der Waals surface area contributed by atoms with E-state index in [4.69, 9.17) is 0 Å². The van der Waals surface area contributed by atoms with Gasteiger partial charge in [-0.15, -0.1) is 0 Å². The molecule has 3 radical (unpaired) electrons. The van der Waals surface area contributed by atoms with Gasteiger partial charge in [-0.1, -0.05) is 18.2 Å². The lowest BCUT2D eigenvalue weighted by molar-refractivity contribution is 0.00215. The Morgan fingerprint density at radius 3 is 2.00 bits per heavy atom. The van der Waals surface area contributed by atoms with Gasteiger partial charge in [-0.25, -0.2) is 10.2 Å². The molecule has 3 heteroatoms. The van der Waals surface area contributed by atoms with E-state index in [9.17, 15) is 5.11 Å². The van der Waals surface area contributed by atoms with Crippen LogP contribution < -0.4 is 5.32 Å². The first-order chi connectivity index (χ1) is 7.52. The van der Waals surface area contributed by atoms with Gasteiger partial charge in [-0.2, -0.15) is 5.11 Å². The minimum atomic E-state index is -0.170. The summed E-state index contributed by atoms with van der Waals surface area (Å²) in [6.07, 6.45) is -0.170. The molecule has 1 aromatic carbocycles. The van der Waals surface area contributed by atoms with Crippen molar-refractivity contribution in [1.29, 1.82) is 0 Å². The number of hydrogen-bond donors (Lipinski definition) is 0. The molecule has 0 unspecified atom stereocenters. The molecule has 0 N–H and O–H groups in total. The van der Waals surface area contributed by atoms with Crippen molar-refractivity contribution in [3.8, 4) is 0 Å². The molecule has 0 saturated carbocycles. The Morgan fingerprint density at radius 1 is 1.06 bits per heavy atom. The summed E-state index contributed by atoms with van der Waals surface area (Å²) in [5, 5.41) is 16.0. The Balaban J connectivity index is 2.66. The standard InChI is InChI=1S/C13H19N2O/c1-10(2)15(11(3)4)13(16)14-12-8-6-5-7-9-12/h5-11H,1-4H3. The van der Waals surface area contributed by atoms with Crippen LogP contribution in [0.1, 0.15) is 27.7 Å². The summed E-state index contributed by atoms with van der Waals surface area (Å²) in [4.78, 5) is 1.77. The topological polar surface area (TPSA) is 37.2 Å². The molecule has 3 nitrogen and oxygen atoms in total. The Hall–Kier alpha value is -1.06. The first-order valence-corrected chi connectivity index (χ1v) is 5.61. The zero-order valence-corrected chi connectivity index (χ0v) is 10.3. The minimum absolute atomic E-state index is 0.167. The van der Waals surface area contributed by atoms with Crippen molar-refractivity contribution in [3.63, 3.8) is 0 Å². The van der Waals surface area contributed by atoms with Crippen LogP contribution in [0.25, 0.3) is 0 Å². The van der Waals surface area contributed by atoms with E-state index in [1.165, 1.54) is 0 Å². The first kappa shape index (κ1) is 13.0. The molecule has 16 heavy (non-hydrogen) atoms. The number of benzene rings is 1. The Kier molecular flexibility index (Phi) is 4.77. The predicted octanol–water partition coefficient (Wildman–Crippen LogP) is 2.92. The largest absolute Gasteiger partial charge is 0.318 e. The maximum atomic E-state index is 12.0. The summed E-state index contributed by atoms with van der Waals surface area (Å²) in [6, 6.07) is 9.65. The number of para-hydroxylation sites is 1. The van der Waals surface area contributed by atoms with E-state index in [0.717, 1.165) is 0 Å². The summed E-state index contributed by atoms with van der Waals surface area (Å²) >= 11 is 0. The van der Waals surface area contributed by atoms with E-state index >= 15 is 0 Å². The molecule has 0 aliphatic heterocycles. The highest BCUT2D eigenvalue weighted by Gasteiger charge is 2.26. The van der Waals surface area contributed by atoms with Crippen LogP contribution in [0.4, 0.5) is 5.69 Å². The van der Waals surface area contributed by atoms with Crippen LogP contribution in [-0.4, -0.2) is 17.0 Å².